The van der Waals surface area contributed by atoms with Crippen LogP contribution in [0.2, 0.25) is 0 Å². The number of benzene rings is 2. The van der Waals surface area contributed by atoms with Gasteiger partial charge in [0, 0.05) is 0 Å². The molecule has 4 atom stereocenters. The van der Waals surface area contributed by atoms with Crippen molar-refractivity contribution in [2.45, 2.75) is 38.9 Å². The van der Waals surface area contributed by atoms with Gasteiger partial charge in [-0.1, -0.05) is 80.9 Å². The molecule has 4 unspecified atom stereocenters. The van der Waals surface area contributed by atoms with E-state index >= 15 is 0 Å². The average Bonchev–Trinajstić information content (AvgIpc) is 2.59. The topological polar surface area (TPSA) is 40.5 Å². The van der Waals surface area contributed by atoms with Crippen molar-refractivity contribution in [3.63, 3.8) is 0 Å². The summed E-state index contributed by atoms with van der Waals surface area (Å²) in [6.45, 7) is 4.15. The van der Waals surface area contributed by atoms with Gasteiger partial charge in [0.2, 0.25) is 0 Å². The number of hydrogen-bond acceptors (Lipinski definition) is 2. The van der Waals surface area contributed by atoms with Gasteiger partial charge in [-0.25, -0.2) is 0 Å². The van der Waals surface area contributed by atoms with Crippen molar-refractivity contribution in [3.8, 4) is 0 Å². The molecule has 2 N–H and O–H groups in total. The fourth-order valence-electron chi connectivity index (χ4n) is 3.03. The summed E-state index contributed by atoms with van der Waals surface area (Å²) in [5.74, 6) is 0.251. The maximum Gasteiger partial charge on any atom is 0.0818 e. The molecule has 0 spiro atoms. The standard InChI is InChI=1S/C20H26O2/c1-3-16(20(22)18-12-8-5-9-13-18)14-15(2)19(21)17-10-6-4-7-11-17/h4-13,15-16,19-22H,3,14H2,1-2H3. The Kier molecular flexibility index (Phi) is 6.17. The van der Waals surface area contributed by atoms with Crippen molar-refractivity contribution < 1.29 is 10.2 Å². The van der Waals surface area contributed by atoms with Crippen LogP contribution in [0, 0.1) is 11.8 Å². The van der Waals surface area contributed by atoms with Crippen LogP contribution in [-0.2, 0) is 0 Å². The molecule has 0 saturated heterocycles. The molecule has 2 heteroatoms. The second kappa shape index (κ2) is 8.11. The minimum Gasteiger partial charge on any atom is -0.388 e. The lowest BCUT2D eigenvalue weighted by atomic mass is 9.82. The summed E-state index contributed by atoms with van der Waals surface area (Å²) in [7, 11) is 0. The van der Waals surface area contributed by atoms with E-state index in [1.807, 2.05) is 60.7 Å². The van der Waals surface area contributed by atoms with Crippen molar-refractivity contribution >= 4 is 0 Å². The zero-order valence-corrected chi connectivity index (χ0v) is 13.4. The van der Waals surface area contributed by atoms with Crippen molar-refractivity contribution in [1.82, 2.24) is 0 Å². The summed E-state index contributed by atoms with van der Waals surface area (Å²) >= 11 is 0. The molecule has 2 nitrogen and oxygen atoms in total. The molecule has 0 bridgehead atoms. The monoisotopic (exact) mass is 298 g/mol. The van der Waals surface area contributed by atoms with E-state index in [1.165, 1.54) is 0 Å². The minimum atomic E-state index is -0.488. The fourth-order valence-corrected chi connectivity index (χ4v) is 3.03. The second-order valence-electron chi connectivity index (χ2n) is 6.09. The Labute approximate surface area is 133 Å². The summed E-state index contributed by atoms with van der Waals surface area (Å²) in [5, 5.41) is 21.1. The van der Waals surface area contributed by atoms with Crippen LogP contribution in [0.3, 0.4) is 0 Å². The van der Waals surface area contributed by atoms with Crippen LogP contribution in [-0.4, -0.2) is 10.2 Å². The first-order chi connectivity index (χ1) is 10.6. The molecule has 0 fully saturated rings. The Morgan fingerprint density at radius 2 is 1.23 bits per heavy atom. The lowest BCUT2D eigenvalue weighted by molar-refractivity contribution is 0.0545. The number of aliphatic hydroxyl groups is 2. The third-order valence-electron chi connectivity index (χ3n) is 4.47. The third-order valence-corrected chi connectivity index (χ3v) is 4.47. The zero-order chi connectivity index (χ0) is 15.9. The first kappa shape index (κ1) is 16.7. The highest BCUT2D eigenvalue weighted by Crippen LogP contribution is 2.34. The smallest absolute Gasteiger partial charge is 0.0818 e. The molecule has 0 aliphatic carbocycles. The molecule has 0 radical (unpaired) electrons. The predicted octanol–water partition coefficient (Wildman–Crippen LogP) is 4.51. The highest BCUT2D eigenvalue weighted by atomic mass is 16.3. The third kappa shape index (κ3) is 4.19. The number of hydrogen-bond donors (Lipinski definition) is 2. The minimum absolute atomic E-state index is 0.103. The molecular weight excluding hydrogens is 272 g/mol. The van der Waals surface area contributed by atoms with Crippen LogP contribution >= 0.6 is 0 Å². The maximum atomic E-state index is 10.6. The van der Waals surface area contributed by atoms with Crippen LogP contribution in [0.15, 0.2) is 60.7 Å². The van der Waals surface area contributed by atoms with Gasteiger partial charge in [-0.2, -0.15) is 0 Å². The summed E-state index contributed by atoms with van der Waals surface area (Å²) < 4.78 is 0. The van der Waals surface area contributed by atoms with Crippen molar-refractivity contribution in [3.05, 3.63) is 71.8 Å². The van der Waals surface area contributed by atoms with Crippen molar-refractivity contribution in [1.29, 1.82) is 0 Å². The molecule has 118 valence electrons. The highest BCUT2D eigenvalue weighted by Gasteiger charge is 2.25. The van der Waals surface area contributed by atoms with Gasteiger partial charge >= 0.3 is 0 Å². The summed E-state index contributed by atoms with van der Waals surface area (Å²) in [4.78, 5) is 0. The van der Waals surface area contributed by atoms with Crippen molar-refractivity contribution in [2.75, 3.05) is 0 Å². The van der Waals surface area contributed by atoms with Gasteiger partial charge in [0.15, 0.2) is 0 Å². The first-order valence-corrected chi connectivity index (χ1v) is 8.09. The van der Waals surface area contributed by atoms with E-state index in [4.69, 9.17) is 0 Å². The molecule has 22 heavy (non-hydrogen) atoms. The maximum absolute atomic E-state index is 10.6. The molecule has 2 rings (SSSR count). The van der Waals surface area contributed by atoms with Crippen LogP contribution in [0.4, 0.5) is 0 Å². The van der Waals surface area contributed by atoms with E-state index in [0.717, 1.165) is 24.0 Å². The Morgan fingerprint density at radius 3 is 1.68 bits per heavy atom. The van der Waals surface area contributed by atoms with Gasteiger partial charge in [-0.15, -0.1) is 0 Å². The first-order valence-electron chi connectivity index (χ1n) is 8.09. The second-order valence-corrected chi connectivity index (χ2v) is 6.09. The SMILES string of the molecule is CCC(CC(C)C(O)c1ccccc1)C(O)c1ccccc1. The Morgan fingerprint density at radius 1 is 0.773 bits per heavy atom. The van der Waals surface area contributed by atoms with Crippen molar-refractivity contribution in [2.24, 2.45) is 11.8 Å². The van der Waals surface area contributed by atoms with E-state index in [0.29, 0.717) is 0 Å². The average molecular weight is 298 g/mol. The molecule has 0 aliphatic heterocycles. The molecule has 0 amide bonds. The zero-order valence-electron chi connectivity index (χ0n) is 13.4. The Balaban J connectivity index is 2.03. The lowest BCUT2D eigenvalue weighted by Gasteiger charge is -2.27. The van der Waals surface area contributed by atoms with Crippen LogP contribution in [0.25, 0.3) is 0 Å². The quantitative estimate of drug-likeness (QED) is 0.789. The van der Waals surface area contributed by atoms with Crippen LogP contribution < -0.4 is 0 Å². The molecule has 0 aromatic heterocycles. The van der Waals surface area contributed by atoms with Crippen LogP contribution in [0.5, 0.6) is 0 Å². The molecule has 0 heterocycles. The van der Waals surface area contributed by atoms with Crippen LogP contribution in [0.1, 0.15) is 50.0 Å². The molecular formula is C20H26O2. The van der Waals surface area contributed by atoms with Gasteiger partial charge in [-0.05, 0) is 29.4 Å². The molecule has 2 aromatic carbocycles. The predicted molar refractivity (Wildman–Crippen MR) is 90.4 cm³/mol. The van der Waals surface area contributed by atoms with Gasteiger partial charge in [-0.3, -0.25) is 0 Å². The van der Waals surface area contributed by atoms with E-state index in [1.54, 1.807) is 0 Å². The lowest BCUT2D eigenvalue weighted by Crippen LogP contribution is -2.19. The Hall–Kier alpha value is -1.64. The van der Waals surface area contributed by atoms with E-state index in [-0.39, 0.29) is 11.8 Å². The summed E-state index contributed by atoms with van der Waals surface area (Å²) in [6, 6.07) is 19.5. The number of rotatable bonds is 7. The largest absolute Gasteiger partial charge is 0.388 e. The number of aliphatic hydroxyl groups excluding tert-OH is 2. The van der Waals surface area contributed by atoms with E-state index in [9.17, 15) is 10.2 Å². The molecule has 0 saturated carbocycles. The molecule has 2 aromatic rings. The normalized spacial score (nSPS) is 16.7. The van der Waals surface area contributed by atoms with Gasteiger partial charge in [0.1, 0.15) is 0 Å². The van der Waals surface area contributed by atoms with E-state index in [2.05, 4.69) is 13.8 Å². The van der Waals surface area contributed by atoms with Gasteiger partial charge in [0.05, 0.1) is 12.2 Å². The fraction of sp³-hybridized carbons (Fsp3) is 0.400. The highest BCUT2D eigenvalue weighted by molar-refractivity contribution is 5.19. The van der Waals surface area contributed by atoms with E-state index < -0.39 is 12.2 Å². The van der Waals surface area contributed by atoms with Gasteiger partial charge in [0.25, 0.3) is 0 Å². The summed E-state index contributed by atoms with van der Waals surface area (Å²) in [6.07, 6.45) is 0.722. The Bertz CT molecular complexity index is 538. The summed E-state index contributed by atoms with van der Waals surface area (Å²) in [5.41, 5.74) is 1.90. The van der Waals surface area contributed by atoms with Gasteiger partial charge < -0.3 is 10.2 Å². The molecule has 0 aliphatic rings.